The number of para-hydroxylation sites is 1. The number of carbonyl (C=O) groups is 1. The smallest absolute Gasteiger partial charge is 0.307 e. The summed E-state index contributed by atoms with van der Waals surface area (Å²) in [5, 5.41) is 21.0. The topological polar surface area (TPSA) is 89.7 Å². The second-order valence-electron chi connectivity index (χ2n) is 12.6. The van der Waals surface area contributed by atoms with Crippen LogP contribution in [0.5, 0.6) is 5.75 Å². The van der Waals surface area contributed by atoms with E-state index in [4.69, 9.17) is 9.57 Å². The Morgan fingerprint density at radius 3 is 2.25 bits per heavy atom. The van der Waals surface area contributed by atoms with Crippen molar-refractivity contribution in [2.45, 2.75) is 62.2 Å². The molecule has 1 aromatic heterocycles. The van der Waals surface area contributed by atoms with Crippen LogP contribution in [0, 0.1) is 6.92 Å². The average Bonchev–Trinajstić information content (AvgIpc) is 3.81. The normalized spacial score (nSPS) is 12.1. The molecule has 0 spiro atoms. The van der Waals surface area contributed by atoms with Crippen LogP contribution >= 0.6 is 11.8 Å². The van der Waals surface area contributed by atoms with Gasteiger partial charge in [0.1, 0.15) is 12.4 Å². The average molecular weight is 697 g/mol. The first kappa shape index (κ1) is 34.1. The van der Waals surface area contributed by atoms with E-state index in [0.29, 0.717) is 19.8 Å². The van der Waals surface area contributed by atoms with E-state index in [1.165, 1.54) is 22.3 Å². The van der Waals surface area contributed by atoms with Gasteiger partial charge in [0.25, 0.3) is 0 Å². The van der Waals surface area contributed by atoms with Crippen LogP contribution in [0.25, 0.3) is 5.69 Å². The van der Waals surface area contributed by atoms with E-state index in [9.17, 15) is 9.90 Å². The van der Waals surface area contributed by atoms with E-state index < -0.39 is 5.97 Å². The molecule has 1 heterocycles. The van der Waals surface area contributed by atoms with Crippen molar-refractivity contribution in [2.24, 2.45) is 0 Å². The second kappa shape index (κ2) is 16.1. The van der Waals surface area contributed by atoms with E-state index in [0.717, 1.165) is 69.8 Å². The molecular formula is C42H40N4O4S. The Kier molecular flexibility index (Phi) is 10.8. The van der Waals surface area contributed by atoms with Crippen LogP contribution in [-0.2, 0) is 48.5 Å². The van der Waals surface area contributed by atoms with Crippen molar-refractivity contribution in [3.63, 3.8) is 0 Å². The Labute approximate surface area is 302 Å². The number of aliphatic carboxylic acids is 1. The third-order valence-electron chi connectivity index (χ3n) is 9.07. The predicted molar refractivity (Wildman–Crippen MR) is 200 cm³/mol. The minimum Gasteiger partial charge on any atom is -0.485 e. The maximum absolute atomic E-state index is 11.2. The van der Waals surface area contributed by atoms with Crippen LogP contribution in [0.1, 0.15) is 45.6 Å². The lowest BCUT2D eigenvalue weighted by atomic mass is 10.0. The first-order valence-electron chi connectivity index (χ1n) is 17.3. The summed E-state index contributed by atoms with van der Waals surface area (Å²) < 4.78 is 8.48. The predicted octanol–water partition coefficient (Wildman–Crippen LogP) is 8.60. The summed E-state index contributed by atoms with van der Waals surface area (Å²) >= 11 is 1.56. The van der Waals surface area contributed by atoms with Gasteiger partial charge in [-0.05, 0) is 120 Å². The van der Waals surface area contributed by atoms with Gasteiger partial charge in [-0.1, -0.05) is 78.9 Å². The molecule has 51 heavy (non-hydrogen) atoms. The fraction of sp³-hybridized carbons (Fsp3) is 0.214. The number of rotatable bonds is 15. The minimum atomic E-state index is -0.853. The molecule has 7 rings (SSSR count). The quantitative estimate of drug-likeness (QED) is 0.107. The summed E-state index contributed by atoms with van der Waals surface area (Å²) in [6.07, 6.45) is 4.07. The number of carboxylic acid groups (broad SMARTS) is 1. The number of anilines is 1. The van der Waals surface area contributed by atoms with Crippen molar-refractivity contribution in [3.8, 4) is 11.4 Å². The van der Waals surface area contributed by atoms with Crippen LogP contribution in [-0.4, -0.2) is 32.4 Å². The molecule has 1 aliphatic carbocycles. The highest BCUT2D eigenvalue weighted by atomic mass is 32.2. The Morgan fingerprint density at radius 2 is 1.51 bits per heavy atom. The highest BCUT2D eigenvalue weighted by Gasteiger charge is 2.20. The SMILES string of the molecule is Cc1ccc(OCc2nnc(Sc3ccc(CN(OCCc4ccccc4)c4ccc(CC(=O)O)cc4)cc3)n2-c2ccccc2)c2c1CCC2. The first-order chi connectivity index (χ1) is 25.0. The summed E-state index contributed by atoms with van der Waals surface area (Å²) in [5.41, 5.74) is 8.93. The van der Waals surface area contributed by atoms with E-state index in [1.807, 2.05) is 65.7 Å². The molecule has 0 amide bonds. The molecule has 0 unspecified atom stereocenters. The molecule has 9 heteroatoms. The molecule has 8 nitrogen and oxygen atoms in total. The number of fused-ring (bicyclic) bond motifs is 1. The Hall–Kier alpha value is -5.38. The Balaban J connectivity index is 1.07. The maximum atomic E-state index is 11.2. The molecule has 5 aromatic carbocycles. The summed E-state index contributed by atoms with van der Waals surface area (Å²) in [7, 11) is 0. The zero-order valence-corrected chi connectivity index (χ0v) is 29.4. The van der Waals surface area contributed by atoms with Crippen molar-refractivity contribution in [1.29, 1.82) is 0 Å². The van der Waals surface area contributed by atoms with Gasteiger partial charge in [-0.25, -0.2) is 5.06 Å². The van der Waals surface area contributed by atoms with Gasteiger partial charge in [-0.2, -0.15) is 0 Å². The number of aromatic nitrogens is 3. The van der Waals surface area contributed by atoms with Crippen molar-refractivity contribution in [3.05, 3.63) is 161 Å². The number of hydroxylamine groups is 1. The number of nitrogens with zero attached hydrogens (tertiary/aromatic N) is 4. The number of aryl methyl sites for hydroxylation is 1. The summed E-state index contributed by atoms with van der Waals surface area (Å²) in [6.45, 7) is 3.51. The fourth-order valence-corrected chi connectivity index (χ4v) is 7.31. The van der Waals surface area contributed by atoms with E-state index >= 15 is 0 Å². The van der Waals surface area contributed by atoms with Gasteiger partial charge >= 0.3 is 5.97 Å². The molecule has 1 N–H and O–H groups in total. The molecule has 0 fully saturated rings. The van der Waals surface area contributed by atoms with Crippen molar-refractivity contribution >= 4 is 23.4 Å². The molecular weight excluding hydrogens is 657 g/mol. The van der Waals surface area contributed by atoms with Crippen LogP contribution < -0.4 is 9.80 Å². The van der Waals surface area contributed by atoms with Gasteiger partial charge in [0, 0.05) is 10.6 Å². The number of hydrogen-bond donors (Lipinski definition) is 1. The lowest BCUT2D eigenvalue weighted by Gasteiger charge is -2.24. The lowest BCUT2D eigenvalue weighted by molar-refractivity contribution is -0.136. The summed E-state index contributed by atoms with van der Waals surface area (Å²) in [6, 6.07) is 40.5. The molecule has 0 radical (unpaired) electrons. The number of hydrogen-bond acceptors (Lipinski definition) is 7. The standard InChI is InChI=1S/C42H40N4O4S/c1-30-15-24-39(38-14-8-13-37(30)38)49-29-40-43-44-42(46(40)35-11-6-3-7-12-35)51-36-22-18-33(19-23-36)28-45(50-26-25-31-9-4-2-5-10-31)34-20-16-32(17-21-34)27-41(47)48/h2-7,9-12,15-24H,8,13-14,25-29H2,1H3,(H,47,48). The highest BCUT2D eigenvalue weighted by molar-refractivity contribution is 7.99. The van der Waals surface area contributed by atoms with Crippen LogP contribution in [0.2, 0.25) is 0 Å². The number of ether oxygens (including phenoxy) is 1. The molecule has 6 aromatic rings. The molecule has 0 saturated carbocycles. The molecule has 0 saturated heterocycles. The van der Waals surface area contributed by atoms with E-state index in [2.05, 4.69) is 82.4 Å². The van der Waals surface area contributed by atoms with Crippen molar-refractivity contribution in [1.82, 2.24) is 14.8 Å². The van der Waals surface area contributed by atoms with Gasteiger partial charge in [0.2, 0.25) is 5.16 Å². The molecule has 0 bridgehead atoms. The van der Waals surface area contributed by atoms with Crippen molar-refractivity contribution < 1.29 is 19.5 Å². The molecule has 0 atom stereocenters. The lowest BCUT2D eigenvalue weighted by Crippen LogP contribution is -2.24. The number of benzene rings is 5. The van der Waals surface area contributed by atoms with Crippen molar-refractivity contribution in [2.75, 3.05) is 11.7 Å². The Morgan fingerprint density at radius 1 is 0.804 bits per heavy atom. The van der Waals surface area contributed by atoms with Gasteiger partial charge in [-0.15, -0.1) is 10.2 Å². The first-order valence-corrected chi connectivity index (χ1v) is 18.1. The van der Waals surface area contributed by atoms with Gasteiger partial charge in [0.15, 0.2) is 5.82 Å². The van der Waals surface area contributed by atoms with E-state index in [1.54, 1.807) is 11.8 Å². The zero-order chi connectivity index (χ0) is 35.0. The monoisotopic (exact) mass is 696 g/mol. The highest BCUT2D eigenvalue weighted by Crippen LogP contribution is 2.34. The van der Waals surface area contributed by atoms with Crippen LogP contribution in [0.3, 0.4) is 0 Å². The molecule has 258 valence electrons. The van der Waals surface area contributed by atoms with Gasteiger partial charge in [0.05, 0.1) is 25.3 Å². The Bertz CT molecular complexity index is 2070. The molecule has 0 aliphatic heterocycles. The van der Waals surface area contributed by atoms with Gasteiger partial charge in [-0.3, -0.25) is 14.2 Å². The minimum absolute atomic E-state index is 0.0185. The largest absolute Gasteiger partial charge is 0.485 e. The van der Waals surface area contributed by atoms with Crippen LogP contribution in [0.15, 0.2) is 131 Å². The third-order valence-corrected chi connectivity index (χ3v) is 10.0. The maximum Gasteiger partial charge on any atom is 0.307 e. The summed E-state index contributed by atoms with van der Waals surface area (Å²) in [5.74, 6) is 0.827. The zero-order valence-electron chi connectivity index (χ0n) is 28.6. The van der Waals surface area contributed by atoms with Gasteiger partial charge < -0.3 is 9.84 Å². The van der Waals surface area contributed by atoms with Crippen LogP contribution in [0.4, 0.5) is 5.69 Å². The third kappa shape index (κ3) is 8.51. The number of carboxylic acids is 1. The molecule has 1 aliphatic rings. The second-order valence-corrected chi connectivity index (χ2v) is 13.7. The fourth-order valence-electron chi connectivity index (χ4n) is 6.45. The summed E-state index contributed by atoms with van der Waals surface area (Å²) in [4.78, 5) is 18.6. The van der Waals surface area contributed by atoms with E-state index in [-0.39, 0.29) is 6.42 Å².